The maximum Gasteiger partial charge on any atom is 0.315 e. The van der Waals surface area contributed by atoms with Crippen molar-refractivity contribution in [3.8, 4) is 0 Å². The number of piperidine rings is 1. The molecule has 2 aromatic carbocycles. The van der Waals surface area contributed by atoms with E-state index in [4.69, 9.17) is 11.6 Å². The second-order valence-electron chi connectivity index (χ2n) is 8.92. The van der Waals surface area contributed by atoms with Gasteiger partial charge in [0.25, 0.3) is 0 Å². The fourth-order valence-electron chi connectivity index (χ4n) is 4.69. The Hall–Kier alpha value is -2.24. The van der Waals surface area contributed by atoms with Crippen LogP contribution in [0.25, 0.3) is 0 Å². The topological polar surface area (TPSA) is 47.6 Å². The van der Waals surface area contributed by atoms with Crippen molar-refractivity contribution in [2.45, 2.75) is 38.8 Å². The Balaban J connectivity index is 1.15. The molecule has 4 rings (SSSR count). The zero-order valence-corrected chi connectivity index (χ0v) is 19.1. The highest BCUT2D eigenvalue weighted by molar-refractivity contribution is 6.30. The van der Waals surface area contributed by atoms with Gasteiger partial charge in [-0.3, -0.25) is 4.90 Å². The largest absolute Gasteiger partial charge is 0.371 e. The molecule has 2 aromatic rings. The Kier molecular flexibility index (Phi) is 7.36. The zero-order valence-electron chi connectivity index (χ0n) is 18.3. The molecule has 0 spiro atoms. The molecule has 2 aliphatic heterocycles. The van der Waals surface area contributed by atoms with Crippen molar-refractivity contribution >= 4 is 23.3 Å². The Morgan fingerprint density at radius 1 is 1.06 bits per heavy atom. The molecule has 5 nitrogen and oxygen atoms in total. The van der Waals surface area contributed by atoms with Gasteiger partial charge in [-0.2, -0.15) is 0 Å². The number of rotatable bonds is 6. The van der Waals surface area contributed by atoms with Crippen LogP contribution < -0.4 is 15.5 Å². The minimum Gasteiger partial charge on any atom is -0.371 e. The number of halogens is 1. The quantitative estimate of drug-likeness (QED) is 0.698. The number of likely N-dealkylation sites (tertiary alicyclic amines) is 1. The lowest BCUT2D eigenvalue weighted by Gasteiger charge is -2.32. The highest BCUT2D eigenvalue weighted by Gasteiger charge is 2.25. The van der Waals surface area contributed by atoms with E-state index in [-0.39, 0.29) is 12.1 Å². The number of nitrogens with zero attached hydrogens (tertiary/aromatic N) is 2. The second-order valence-corrected chi connectivity index (χ2v) is 9.36. The lowest BCUT2D eigenvalue weighted by molar-refractivity contribution is 0.186. The molecule has 0 saturated carbocycles. The van der Waals surface area contributed by atoms with Gasteiger partial charge in [0.1, 0.15) is 0 Å². The van der Waals surface area contributed by atoms with E-state index in [0.29, 0.717) is 5.92 Å². The van der Waals surface area contributed by atoms with Gasteiger partial charge in [-0.15, -0.1) is 0 Å². The number of aryl methyl sites for hydroxylation is 1. The normalized spacial score (nSPS) is 20.1. The summed E-state index contributed by atoms with van der Waals surface area (Å²) in [6.07, 6.45) is 3.10. The van der Waals surface area contributed by atoms with E-state index in [1.54, 1.807) is 0 Å². The maximum absolute atomic E-state index is 12.4. The van der Waals surface area contributed by atoms with Crippen LogP contribution in [0.3, 0.4) is 0 Å². The number of benzene rings is 2. The van der Waals surface area contributed by atoms with E-state index in [2.05, 4.69) is 63.8 Å². The second kappa shape index (κ2) is 10.4. The van der Waals surface area contributed by atoms with Crippen LogP contribution in [0.15, 0.2) is 48.5 Å². The van der Waals surface area contributed by atoms with Gasteiger partial charge in [0, 0.05) is 56.0 Å². The molecule has 6 heteroatoms. The van der Waals surface area contributed by atoms with Crippen molar-refractivity contribution in [2.24, 2.45) is 5.92 Å². The molecule has 2 amide bonds. The highest BCUT2D eigenvalue weighted by Crippen LogP contribution is 2.29. The van der Waals surface area contributed by atoms with Crippen molar-refractivity contribution in [3.05, 3.63) is 64.7 Å². The van der Waals surface area contributed by atoms with E-state index in [1.165, 1.54) is 16.8 Å². The third kappa shape index (κ3) is 6.14. The lowest BCUT2D eigenvalue weighted by Crippen LogP contribution is -2.48. The lowest BCUT2D eigenvalue weighted by atomic mass is 10.0. The third-order valence-corrected chi connectivity index (χ3v) is 6.76. The van der Waals surface area contributed by atoms with Crippen molar-refractivity contribution in [1.29, 1.82) is 0 Å². The number of nitrogens with one attached hydrogen (secondary N) is 2. The summed E-state index contributed by atoms with van der Waals surface area (Å²) in [5.74, 6) is 0.469. The van der Waals surface area contributed by atoms with Crippen LogP contribution in [-0.4, -0.2) is 49.7 Å². The summed E-state index contributed by atoms with van der Waals surface area (Å²) in [5, 5.41) is 7.06. The van der Waals surface area contributed by atoms with Crippen LogP contribution in [0.1, 0.15) is 30.4 Å². The molecular formula is C25H33ClN4O. The third-order valence-electron chi connectivity index (χ3n) is 6.52. The summed E-state index contributed by atoms with van der Waals surface area (Å²) < 4.78 is 0. The number of urea groups is 1. The Morgan fingerprint density at radius 3 is 2.61 bits per heavy atom. The van der Waals surface area contributed by atoms with Crippen LogP contribution in [0, 0.1) is 12.8 Å². The van der Waals surface area contributed by atoms with Crippen molar-refractivity contribution in [3.63, 3.8) is 0 Å². The summed E-state index contributed by atoms with van der Waals surface area (Å²) in [6.45, 7) is 7.84. The monoisotopic (exact) mass is 440 g/mol. The molecule has 2 saturated heterocycles. The zero-order chi connectivity index (χ0) is 21.6. The molecule has 1 unspecified atom stereocenters. The number of carbonyl (C=O) groups is 1. The number of amides is 2. The predicted molar refractivity (Wildman–Crippen MR) is 128 cm³/mol. The van der Waals surface area contributed by atoms with Gasteiger partial charge in [0.05, 0.1) is 0 Å². The molecule has 2 fully saturated rings. The summed E-state index contributed by atoms with van der Waals surface area (Å²) in [5.41, 5.74) is 3.81. The first-order valence-electron chi connectivity index (χ1n) is 11.4. The SMILES string of the molecule is Cc1ccc(Cl)cc1N1CCC(CNC(=O)NC2CCN(Cc3ccccc3)CC2)C1. The van der Waals surface area contributed by atoms with Gasteiger partial charge < -0.3 is 15.5 Å². The number of carbonyl (C=O) groups excluding carboxylic acids is 1. The van der Waals surface area contributed by atoms with Gasteiger partial charge in [-0.25, -0.2) is 4.79 Å². The number of hydrogen-bond acceptors (Lipinski definition) is 3. The van der Waals surface area contributed by atoms with Gasteiger partial charge in [0.15, 0.2) is 0 Å². The van der Waals surface area contributed by atoms with Gasteiger partial charge in [-0.1, -0.05) is 48.0 Å². The molecule has 0 aromatic heterocycles. The molecule has 2 aliphatic rings. The number of anilines is 1. The van der Waals surface area contributed by atoms with E-state index >= 15 is 0 Å². The average Bonchev–Trinajstić information content (AvgIpc) is 3.25. The maximum atomic E-state index is 12.4. The molecule has 166 valence electrons. The highest BCUT2D eigenvalue weighted by atomic mass is 35.5. The van der Waals surface area contributed by atoms with Gasteiger partial charge >= 0.3 is 6.03 Å². The van der Waals surface area contributed by atoms with Crippen molar-refractivity contribution in [2.75, 3.05) is 37.6 Å². The van der Waals surface area contributed by atoms with E-state index in [0.717, 1.165) is 63.6 Å². The van der Waals surface area contributed by atoms with Gasteiger partial charge in [0.2, 0.25) is 0 Å². The van der Waals surface area contributed by atoms with E-state index in [1.807, 2.05) is 12.1 Å². The summed E-state index contributed by atoms with van der Waals surface area (Å²) in [4.78, 5) is 17.3. The standard InChI is InChI=1S/C25H33ClN4O/c1-19-7-8-22(26)15-24(19)30-14-9-21(18-30)16-27-25(31)28-23-10-12-29(13-11-23)17-20-5-3-2-4-6-20/h2-8,15,21,23H,9-14,16-18H2,1H3,(H2,27,28,31). The van der Waals surface area contributed by atoms with Crippen LogP contribution >= 0.6 is 11.6 Å². The predicted octanol–water partition coefficient (Wildman–Crippen LogP) is 4.44. The summed E-state index contributed by atoms with van der Waals surface area (Å²) >= 11 is 6.18. The fourth-order valence-corrected chi connectivity index (χ4v) is 4.86. The van der Waals surface area contributed by atoms with Crippen LogP contribution in [-0.2, 0) is 6.54 Å². The smallest absolute Gasteiger partial charge is 0.315 e. The first-order chi connectivity index (χ1) is 15.1. The Bertz CT molecular complexity index is 867. The first-order valence-corrected chi connectivity index (χ1v) is 11.8. The molecule has 2 heterocycles. The molecule has 1 atom stereocenters. The Labute approximate surface area is 190 Å². The molecule has 0 radical (unpaired) electrons. The fraction of sp³-hybridized carbons (Fsp3) is 0.480. The summed E-state index contributed by atoms with van der Waals surface area (Å²) in [7, 11) is 0. The minimum atomic E-state index is -0.0288. The van der Waals surface area contributed by atoms with Crippen LogP contribution in [0.5, 0.6) is 0 Å². The summed E-state index contributed by atoms with van der Waals surface area (Å²) in [6, 6.07) is 16.9. The average molecular weight is 441 g/mol. The van der Waals surface area contributed by atoms with Gasteiger partial charge in [-0.05, 0) is 55.4 Å². The van der Waals surface area contributed by atoms with Crippen molar-refractivity contribution in [1.82, 2.24) is 15.5 Å². The van der Waals surface area contributed by atoms with E-state index < -0.39 is 0 Å². The van der Waals surface area contributed by atoms with Crippen LogP contribution in [0.2, 0.25) is 5.02 Å². The minimum absolute atomic E-state index is 0.0288. The van der Waals surface area contributed by atoms with Crippen molar-refractivity contribution < 1.29 is 4.79 Å². The molecular weight excluding hydrogens is 408 g/mol. The van der Waals surface area contributed by atoms with E-state index in [9.17, 15) is 4.79 Å². The van der Waals surface area contributed by atoms with Crippen LogP contribution in [0.4, 0.5) is 10.5 Å². The number of hydrogen-bond donors (Lipinski definition) is 2. The molecule has 0 bridgehead atoms. The molecule has 31 heavy (non-hydrogen) atoms. The molecule has 0 aliphatic carbocycles. The first kappa shape index (κ1) is 22.0. The Morgan fingerprint density at radius 2 is 1.84 bits per heavy atom. The molecule has 2 N–H and O–H groups in total.